The van der Waals surface area contributed by atoms with E-state index in [9.17, 15) is 14.4 Å². The highest BCUT2D eigenvalue weighted by Crippen LogP contribution is 2.22. The summed E-state index contributed by atoms with van der Waals surface area (Å²) in [6, 6.07) is 22.7. The SMILES string of the molecule is Cc1cnc(C(=O)CCC(N)=O)c(OCc2ccccc2)c1.Cc1cnc(C(=O)O)c(OCc2ccccc2)c1. The van der Waals surface area contributed by atoms with Gasteiger partial charge in [-0.3, -0.25) is 9.59 Å². The highest BCUT2D eigenvalue weighted by molar-refractivity contribution is 5.98. The van der Waals surface area contributed by atoms with Crippen LogP contribution in [0.25, 0.3) is 0 Å². The minimum atomic E-state index is -1.09. The molecule has 40 heavy (non-hydrogen) atoms. The summed E-state index contributed by atoms with van der Waals surface area (Å²) in [5.74, 6) is -1.11. The summed E-state index contributed by atoms with van der Waals surface area (Å²) in [6.07, 6.45) is 3.16. The van der Waals surface area contributed by atoms with E-state index in [0.29, 0.717) is 24.7 Å². The summed E-state index contributed by atoms with van der Waals surface area (Å²) in [6.45, 7) is 4.39. The lowest BCUT2D eigenvalue weighted by atomic mass is 10.1. The summed E-state index contributed by atoms with van der Waals surface area (Å²) < 4.78 is 11.3. The van der Waals surface area contributed by atoms with E-state index in [4.69, 9.17) is 20.3 Å². The summed E-state index contributed by atoms with van der Waals surface area (Å²) >= 11 is 0. The fourth-order valence-corrected chi connectivity index (χ4v) is 3.50. The Morgan fingerprint density at radius 1 is 0.725 bits per heavy atom. The second-order valence-electron chi connectivity index (χ2n) is 8.96. The number of ketones is 1. The molecule has 4 aromatic rings. The molecule has 0 radical (unpaired) electrons. The number of primary amides is 1. The molecule has 0 saturated carbocycles. The second kappa shape index (κ2) is 14.8. The zero-order valence-corrected chi connectivity index (χ0v) is 22.4. The van der Waals surface area contributed by atoms with Crippen molar-refractivity contribution in [2.45, 2.75) is 39.9 Å². The topological polar surface area (TPSA) is 142 Å². The first-order chi connectivity index (χ1) is 19.2. The molecule has 9 nitrogen and oxygen atoms in total. The van der Waals surface area contributed by atoms with Gasteiger partial charge >= 0.3 is 5.97 Å². The molecule has 0 bridgehead atoms. The number of carbonyl (C=O) groups is 3. The van der Waals surface area contributed by atoms with E-state index in [1.165, 1.54) is 6.20 Å². The first kappa shape index (κ1) is 29.5. The van der Waals surface area contributed by atoms with Gasteiger partial charge in [0.05, 0.1) is 0 Å². The van der Waals surface area contributed by atoms with E-state index in [-0.39, 0.29) is 30.0 Å². The van der Waals surface area contributed by atoms with Crippen LogP contribution in [0.5, 0.6) is 11.5 Å². The van der Waals surface area contributed by atoms with Crippen molar-refractivity contribution >= 4 is 17.7 Å². The maximum Gasteiger partial charge on any atom is 0.358 e. The molecular weight excluding hydrogens is 510 g/mol. The zero-order valence-electron chi connectivity index (χ0n) is 22.4. The number of pyridine rings is 2. The Bertz CT molecular complexity index is 1440. The largest absolute Gasteiger partial charge is 0.486 e. The fraction of sp³-hybridized carbons (Fsp3) is 0.194. The number of nitrogens with two attached hydrogens (primary N) is 1. The molecule has 0 saturated heterocycles. The van der Waals surface area contributed by atoms with Crippen molar-refractivity contribution < 1.29 is 29.0 Å². The Labute approximate surface area is 232 Å². The number of benzene rings is 2. The number of carboxylic acids is 1. The lowest BCUT2D eigenvalue weighted by molar-refractivity contribution is -0.118. The van der Waals surface area contributed by atoms with Crippen LogP contribution in [0.3, 0.4) is 0 Å². The number of ether oxygens (including phenoxy) is 2. The van der Waals surface area contributed by atoms with Crippen LogP contribution in [-0.4, -0.2) is 32.7 Å². The summed E-state index contributed by atoms with van der Waals surface area (Å²) in [4.78, 5) is 42.0. The van der Waals surface area contributed by atoms with Gasteiger partial charge in [0.15, 0.2) is 17.2 Å². The molecule has 0 fully saturated rings. The zero-order chi connectivity index (χ0) is 28.9. The van der Waals surface area contributed by atoms with Crippen molar-refractivity contribution in [1.29, 1.82) is 0 Å². The monoisotopic (exact) mass is 541 g/mol. The second-order valence-corrected chi connectivity index (χ2v) is 8.96. The standard InChI is InChI=1S/C17H18N2O3.C14H13NO3/c1-12-9-15(22-11-13-5-3-2-4-6-13)17(19-10-12)14(20)7-8-16(18)21;1-10-7-12(13(14(16)17)15-8-10)18-9-11-5-3-2-4-6-11/h2-6,9-10H,7-8,11H2,1H3,(H2,18,21);2-8H,9H2,1H3,(H,16,17). The molecule has 0 atom stereocenters. The van der Waals surface area contributed by atoms with Crippen molar-refractivity contribution in [1.82, 2.24) is 9.97 Å². The van der Waals surface area contributed by atoms with Gasteiger partial charge in [-0.15, -0.1) is 0 Å². The Morgan fingerprint density at radius 2 is 1.18 bits per heavy atom. The van der Waals surface area contributed by atoms with Crippen molar-refractivity contribution in [2.24, 2.45) is 5.73 Å². The van der Waals surface area contributed by atoms with Crippen LogP contribution in [0.2, 0.25) is 0 Å². The Hall–Kier alpha value is -5.05. The van der Waals surface area contributed by atoms with Crippen molar-refractivity contribution in [3.63, 3.8) is 0 Å². The van der Waals surface area contributed by atoms with E-state index in [0.717, 1.165) is 22.3 Å². The van der Waals surface area contributed by atoms with Gasteiger partial charge in [0.2, 0.25) is 5.91 Å². The molecule has 0 spiro atoms. The molecule has 9 heteroatoms. The smallest absolute Gasteiger partial charge is 0.358 e. The number of amides is 1. The molecule has 2 aromatic carbocycles. The average molecular weight is 542 g/mol. The van der Waals surface area contributed by atoms with E-state index in [1.807, 2.05) is 74.5 Å². The third-order valence-corrected chi connectivity index (χ3v) is 5.52. The van der Waals surface area contributed by atoms with Gasteiger partial charge in [-0.25, -0.2) is 14.8 Å². The molecule has 0 aliphatic heterocycles. The maximum absolute atomic E-state index is 12.1. The van der Waals surface area contributed by atoms with Gasteiger partial charge in [-0.2, -0.15) is 0 Å². The van der Waals surface area contributed by atoms with Gasteiger partial charge in [-0.05, 0) is 48.2 Å². The van der Waals surface area contributed by atoms with E-state index in [2.05, 4.69) is 9.97 Å². The maximum atomic E-state index is 12.1. The minimum Gasteiger partial charge on any atom is -0.486 e. The molecular formula is C31H31N3O6. The number of Topliss-reactive ketones (excluding diaryl/α,β-unsaturated/α-hetero) is 1. The molecule has 206 valence electrons. The minimum absolute atomic E-state index is 0.00646. The Balaban J connectivity index is 0.000000225. The highest BCUT2D eigenvalue weighted by Gasteiger charge is 2.16. The number of carbonyl (C=O) groups excluding carboxylic acids is 2. The lowest BCUT2D eigenvalue weighted by Gasteiger charge is -2.11. The third-order valence-electron chi connectivity index (χ3n) is 5.52. The molecule has 4 rings (SSSR count). The average Bonchev–Trinajstić information content (AvgIpc) is 2.95. The Morgan fingerprint density at radius 3 is 1.62 bits per heavy atom. The summed E-state index contributed by atoms with van der Waals surface area (Å²) in [7, 11) is 0. The van der Waals surface area contributed by atoms with Gasteiger partial charge in [0.25, 0.3) is 0 Å². The number of aryl methyl sites for hydroxylation is 2. The number of aromatic carboxylic acids is 1. The predicted molar refractivity (Wildman–Crippen MR) is 149 cm³/mol. The van der Waals surface area contributed by atoms with Crippen LogP contribution < -0.4 is 15.2 Å². The van der Waals surface area contributed by atoms with Gasteiger partial charge in [0, 0.05) is 25.2 Å². The van der Waals surface area contributed by atoms with Crippen molar-refractivity contribution in [2.75, 3.05) is 0 Å². The molecule has 2 heterocycles. The number of aromatic nitrogens is 2. The highest BCUT2D eigenvalue weighted by atomic mass is 16.5. The fourth-order valence-electron chi connectivity index (χ4n) is 3.50. The van der Waals surface area contributed by atoms with Crippen LogP contribution in [-0.2, 0) is 18.0 Å². The van der Waals surface area contributed by atoms with Crippen LogP contribution in [0.15, 0.2) is 85.2 Å². The first-order valence-corrected chi connectivity index (χ1v) is 12.5. The molecule has 0 aliphatic carbocycles. The third kappa shape index (κ3) is 9.36. The van der Waals surface area contributed by atoms with E-state index in [1.54, 1.807) is 18.3 Å². The number of hydrogen-bond acceptors (Lipinski definition) is 7. The van der Waals surface area contributed by atoms with Crippen LogP contribution in [0, 0.1) is 13.8 Å². The number of carboxylic acid groups (broad SMARTS) is 1. The molecule has 0 unspecified atom stereocenters. The molecule has 0 aliphatic rings. The van der Waals surface area contributed by atoms with Gasteiger partial charge in [-0.1, -0.05) is 60.7 Å². The van der Waals surface area contributed by atoms with Crippen molar-refractivity contribution in [3.8, 4) is 11.5 Å². The molecule has 3 N–H and O–H groups in total. The number of nitrogens with zero attached hydrogens (tertiary/aromatic N) is 2. The lowest BCUT2D eigenvalue weighted by Crippen LogP contribution is -2.14. The summed E-state index contributed by atoms with van der Waals surface area (Å²) in [5, 5.41) is 9.01. The van der Waals surface area contributed by atoms with Crippen LogP contribution in [0.1, 0.15) is 56.1 Å². The van der Waals surface area contributed by atoms with Crippen molar-refractivity contribution in [3.05, 3.63) is 119 Å². The van der Waals surface area contributed by atoms with Gasteiger partial charge < -0.3 is 20.3 Å². The summed E-state index contributed by atoms with van der Waals surface area (Å²) in [5.41, 5.74) is 9.00. The van der Waals surface area contributed by atoms with Crippen LogP contribution in [0.4, 0.5) is 0 Å². The Kier molecular flexibility index (Phi) is 10.9. The van der Waals surface area contributed by atoms with Gasteiger partial charge in [0.1, 0.15) is 24.7 Å². The molecule has 1 amide bonds. The van der Waals surface area contributed by atoms with E-state index < -0.39 is 11.9 Å². The quantitative estimate of drug-likeness (QED) is 0.250. The van der Waals surface area contributed by atoms with E-state index >= 15 is 0 Å². The number of rotatable bonds is 11. The first-order valence-electron chi connectivity index (χ1n) is 12.5. The normalized spacial score (nSPS) is 10.2. The number of hydrogen-bond donors (Lipinski definition) is 2. The molecule has 2 aromatic heterocycles. The van der Waals surface area contributed by atoms with Crippen LogP contribution >= 0.6 is 0 Å². The predicted octanol–water partition coefficient (Wildman–Crippen LogP) is 5.08.